The second-order valence-electron chi connectivity index (χ2n) is 5.75. The van der Waals surface area contributed by atoms with Crippen LogP contribution in [0.25, 0.3) is 0 Å². The van der Waals surface area contributed by atoms with Crippen LogP contribution in [0.3, 0.4) is 0 Å². The summed E-state index contributed by atoms with van der Waals surface area (Å²) in [6.45, 7) is 10.8. The number of nitrogens with two attached hydrogens (primary N) is 1. The number of rotatable bonds is 6. The Morgan fingerprint density at radius 2 is 1.89 bits per heavy atom. The molecule has 0 fully saturated rings. The molecule has 0 saturated heterocycles. The van der Waals surface area contributed by atoms with Gasteiger partial charge in [-0.3, -0.25) is 4.79 Å². The van der Waals surface area contributed by atoms with Crippen LogP contribution < -0.4 is 11.1 Å². The maximum atomic E-state index is 11.8. The summed E-state index contributed by atoms with van der Waals surface area (Å²) in [6.07, 6.45) is 0.900. The van der Waals surface area contributed by atoms with Crippen molar-refractivity contribution in [3.8, 4) is 0 Å². The van der Waals surface area contributed by atoms with E-state index in [2.05, 4.69) is 26.1 Å². The van der Waals surface area contributed by atoms with Crippen molar-refractivity contribution in [1.29, 1.82) is 0 Å². The zero-order valence-electron chi connectivity index (χ0n) is 12.4. The number of carbonyl (C=O) groups is 1. The average Bonchev–Trinajstić information content (AvgIpc) is 2.25. The first-order valence-electron chi connectivity index (χ1n) is 6.30. The lowest BCUT2D eigenvalue weighted by Crippen LogP contribution is -2.48. The summed E-state index contributed by atoms with van der Waals surface area (Å²) in [5.74, 6) is 0.108. The van der Waals surface area contributed by atoms with Crippen molar-refractivity contribution in [2.24, 2.45) is 17.1 Å². The highest BCUT2D eigenvalue weighted by molar-refractivity contribution is 5.85. The Balaban J connectivity index is 0. The third kappa shape index (κ3) is 6.57. The lowest BCUT2D eigenvalue weighted by molar-refractivity contribution is -0.124. The van der Waals surface area contributed by atoms with Gasteiger partial charge in [-0.2, -0.15) is 0 Å². The predicted octanol–water partition coefficient (Wildman–Crippen LogP) is 1.96. The van der Waals surface area contributed by atoms with Crippen molar-refractivity contribution in [3.05, 3.63) is 0 Å². The normalized spacial score (nSPS) is 16.4. The largest absolute Gasteiger partial charge is 0.379 e. The number of carbonyl (C=O) groups excluding carboxylic acids is 1. The Kier molecular flexibility index (Phi) is 9.70. The number of nitrogens with one attached hydrogen (secondary N) is 1. The molecule has 0 spiro atoms. The van der Waals surface area contributed by atoms with Crippen LogP contribution in [0, 0.1) is 11.3 Å². The molecule has 110 valence electrons. The molecule has 0 rings (SSSR count). The highest BCUT2D eigenvalue weighted by Gasteiger charge is 2.26. The highest BCUT2D eigenvalue weighted by atomic mass is 35.5. The lowest BCUT2D eigenvalue weighted by Gasteiger charge is -2.30. The monoisotopic (exact) mass is 280 g/mol. The van der Waals surface area contributed by atoms with Crippen molar-refractivity contribution in [3.63, 3.8) is 0 Å². The molecule has 3 N–H and O–H groups in total. The molecule has 0 aliphatic heterocycles. The van der Waals surface area contributed by atoms with Crippen molar-refractivity contribution < 1.29 is 9.53 Å². The summed E-state index contributed by atoms with van der Waals surface area (Å²) < 4.78 is 5.38. The number of amides is 1. The van der Waals surface area contributed by atoms with E-state index in [0.29, 0.717) is 6.54 Å². The van der Waals surface area contributed by atoms with Gasteiger partial charge in [0.2, 0.25) is 5.91 Å². The van der Waals surface area contributed by atoms with Gasteiger partial charge in [-0.25, -0.2) is 0 Å². The van der Waals surface area contributed by atoms with Gasteiger partial charge in [-0.1, -0.05) is 41.0 Å². The van der Waals surface area contributed by atoms with E-state index in [9.17, 15) is 4.79 Å². The summed E-state index contributed by atoms with van der Waals surface area (Å²) in [5, 5.41) is 2.87. The molecule has 0 aromatic carbocycles. The Morgan fingerprint density at radius 1 is 1.39 bits per heavy atom. The molecule has 0 aromatic heterocycles. The molecular weight excluding hydrogens is 252 g/mol. The highest BCUT2D eigenvalue weighted by Crippen LogP contribution is 2.21. The first-order valence-corrected chi connectivity index (χ1v) is 6.30. The van der Waals surface area contributed by atoms with Gasteiger partial charge in [0.1, 0.15) is 0 Å². The van der Waals surface area contributed by atoms with E-state index in [1.54, 1.807) is 7.11 Å². The maximum Gasteiger partial charge on any atom is 0.237 e. The fourth-order valence-electron chi connectivity index (χ4n) is 1.57. The number of methoxy groups -OCH3 is 1. The van der Waals surface area contributed by atoms with Gasteiger partial charge in [0.25, 0.3) is 0 Å². The summed E-state index contributed by atoms with van der Waals surface area (Å²) in [4.78, 5) is 11.8. The number of halogens is 1. The molecule has 0 saturated carbocycles. The Labute approximate surface area is 117 Å². The average molecular weight is 281 g/mol. The molecular formula is C13H29ClN2O2. The van der Waals surface area contributed by atoms with Crippen LogP contribution in [-0.2, 0) is 9.53 Å². The first-order chi connectivity index (χ1) is 7.73. The Bertz CT molecular complexity index is 242. The predicted molar refractivity (Wildman–Crippen MR) is 77.9 cm³/mol. The molecule has 0 aliphatic rings. The fourth-order valence-corrected chi connectivity index (χ4v) is 1.57. The van der Waals surface area contributed by atoms with Crippen LogP contribution in [0.4, 0.5) is 0 Å². The zero-order chi connectivity index (χ0) is 13.6. The quantitative estimate of drug-likeness (QED) is 0.782. The first kappa shape index (κ1) is 20.0. The van der Waals surface area contributed by atoms with Crippen LogP contribution in [0.1, 0.15) is 41.0 Å². The molecule has 0 aliphatic carbocycles. The van der Waals surface area contributed by atoms with Crippen LogP contribution in [0.2, 0.25) is 0 Å². The molecule has 4 nitrogen and oxygen atoms in total. The van der Waals surface area contributed by atoms with Crippen LogP contribution in [-0.4, -0.2) is 31.7 Å². The molecule has 0 bridgehead atoms. The van der Waals surface area contributed by atoms with Gasteiger partial charge in [-0.15, -0.1) is 12.4 Å². The SMILES string of the molecule is CCC(C)C(N)C(=O)NCC(OC)C(C)(C)C.Cl. The van der Waals surface area contributed by atoms with Crippen LogP contribution in [0.5, 0.6) is 0 Å². The molecule has 3 unspecified atom stereocenters. The van der Waals surface area contributed by atoms with E-state index in [4.69, 9.17) is 10.5 Å². The van der Waals surface area contributed by atoms with E-state index in [-0.39, 0.29) is 35.8 Å². The minimum Gasteiger partial charge on any atom is -0.379 e. The van der Waals surface area contributed by atoms with Gasteiger partial charge in [0.05, 0.1) is 12.1 Å². The Hall–Kier alpha value is -0.320. The van der Waals surface area contributed by atoms with Crippen LogP contribution in [0.15, 0.2) is 0 Å². The van der Waals surface area contributed by atoms with Crippen molar-refractivity contribution in [2.45, 2.75) is 53.2 Å². The van der Waals surface area contributed by atoms with Crippen molar-refractivity contribution in [1.82, 2.24) is 5.32 Å². The van der Waals surface area contributed by atoms with E-state index in [1.807, 2.05) is 13.8 Å². The lowest BCUT2D eigenvalue weighted by atomic mass is 9.89. The fraction of sp³-hybridized carbons (Fsp3) is 0.923. The summed E-state index contributed by atoms with van der Waals surface area (Å²) >= 11 is 0. The zero-order valence-corrected chi connectivity index (χ0v) is 13.3. The number of hydrogen-bond acceptors (Lipinski definition) is 3. The minimum absolute atomic E-state index is 0. The summed E-state index contributed by atoms with van der Waals surface area (Å²) in [7, 11) is 1.66. The minimum atomic E-state index is -0.433. The van der Waals surface area contributed by atoms with Gasteiger partial charge in [0, 0.05) is 13.7 Å². The van der Waals surface area contributed by atoms with Crippen molar-refractivity contribution in [2.75, 3.05) is 13.7 Å². The molecule has 0 aromatic rings. The number of hydrogen-bond donors (Lipinski definition) is 2. The smallest absolute Gasteiger partial charge is 0.237 e. The van der Waals surface area contributed by atoms with Gasteiger partial charge in [-0.05, 0) is 11.3 Å². The second-order valence-corrected chi connectivity index (χ2v) is 5.75. The molecule has 0 radical (unpaired) electrons. The van der Waals surface area contributed by atoms with Gasteiger partial charge in [0.15, 0.2) is 0 Å². The molecule has 18 heavy (non-hydrogen) atoms. The number of ether oxygens (including phenoxy) is 1. The van der Waals surface area contributed by atoms with E-state index in [1.165, 1.54) is 0 Å². The second kappa shape index (κ2) is 8.73. The third-order valence-corrected chi connectivity index (χ3v) is 3.27. The molecule has 3 atom stereocenters. The van der Waals surface area contributed by atoms with Gasteiger partial charge < -0.3 is 15.8 Å². The summed E-state index contributed by atoms with van der Waals surface area (Å²) in [6, 6.07) is -0.433. The molecule has 0 heterocycles. The van der Waals surface area contributed by atoms with Crippen LogP contribution >= 0.6 is 12.4 Å². The standard InChI is InChI=1S/C13H28N2O2.ClH/c1-7-9(2)11(14)12(16)15-8-10(17-6)13(3,4)5;/h9-11H,7-8,14H2,1-6H3,(H,15,16);1H. The topological polar surface area (TPSA) is 64.4 Å². The maximum absolute atomic E-state index is 11.8. The van der Waals surface area contributed by atoms with Gasteiger partial charge >= 0.3 is 0 Å². The third-order valence-electron chi connectivity index (χ3n) is 3.27. The van der Waals surface area contributed by atoms with E-state index < -0.39 is 6.04 Å². The van der Waals surface area contributed by atoms with E-state index in [0.717, 1.165) is 6.42 Å². The molecule has 1 amide bonds. The summed E-state index contributed by atoms with van der Waals surface area (Å²) in [5.41, 5.74) is 5.86. The van der Waals surface area contributed by atoms with E-state index >= 15 is 0 Å². The molecule has 5 heteroatoms. The Morgan fingerprint density at radius 3 is 2.22 bits per heavy atom. The van der Waals surface area contributed by atoms with Crippen molar-refractivity contribution >= 4 is 18.3 Å².